The van der Waals surface area contributed by atoms with Crippen LogP contribution in [0.5, 0.6) is 0 Å². The fourth-order valence-corrected chi connectivity index (χ4v) is 2.70. The van der Waals surface area contributed by atoms with Crippen LogP contribution >= 0.6 is 11.8 Å². The first-order valence-electron chi connectivity index (χ1n) is 7.02. The lowest BCUT2D eigenvalue weighted by molar-refractivity contribution is 0.509. The lowest BCUT2D eigenvalue weighted by atomic mass is 10.2. The molecule has 0 bridgehead atoms. The summed E-state index contributed by atoms with van der Waals surface area (Å²) in [6, 6.07) is 0.756. The molecule has 6 heteroatoms. The van der Waals surface area contributed by atoms with E-state index in [9.17, 15) is 0 Å². The van der Waals surface area contributed by atoms with Crippen molar-refractivity contribution in [2.75, 3.05) is 12.3 Å². The third kappa shape index (κ3) is 4.94. The van der Waals surface area contributed by atoms with Crippen molar-refractivity contribution in [1.82, 2.24) is 25.5 Å². The minimum atomic E-state index is 0.756. The first-order chi connectivity index (χ1) is 8.90. The van der Waals surface area contributed by atoms with Crippen LogP contribution in [0.1, 0.15) is 45.4 Å². The van der Waals surface area contributed by atoms with Gasteiger partial charge in [-0.1, -0.05) is 37.9 Å². The molecule has 1 aromatic heterocycles. The van der Waals surface area contributed by atoms with E-state index in [1.165, 1.54) is 38.5 Å². The minimum absolute atomic E-state index is 0.756. The van der Waals surface area contributed by atoms with Crippen molar-refractivity contribution in [2.24, 2.45) is 0 Å². The van der Waals surface area contributed by atoms with Gasteiger partial charge in [0.2, 0.25) is 5.16 Å². The number of tetrazole rings is 1. The molecule has 18 heavy (non-hydrogen) atoms. The Hall–Kier alpha value is -0.620. The van der Waals surface area contributed by atoms with Gasteiger partial charge in [0, 0.05) is 18.3 Å². The third-order valence-electron chi connectivity index (χ3n) is 3.06. The van der Waals surface area contributed by atoms with Crippen molar-refractivity contribution in [2.45, 2.75) is 63.2 Å². The van der Waals surface area contributed by atoms with E-state index in [0.29, 0.717) is 0 Å². The average Bonchev–Trinajstić information content (AvgIpc) is 3.09. The second-order valence-corrected chi connectivity index (χ2v) is 5.88. The van der Waals surface area contributed by atoms with Crippen LogP contribution in [0, 0.1) is 0 Å². The number of thioether (sulfide) groups is 1. The number of hydrogen-bond donors (Lipinski definition) is 1. The summed E-state index contributed by atoms with van der Waals surface area (Å²) in [5.74, 6) is 1.12. The Morgan fingerprint density at radius 2 is 2.22 bits per heavy atom. The molecule has 1 aliphatic carbocycles. The molecule has 1 N–H and O–H groups in total. The van der Waals surface area contributed by atoms with Crippen LogP contribution in [0.4, 0.5) is 0 Å². The summed E-state index contributed by atoms with van der Waals surface area (Å²) >= 11 is 1.78. The van der Waals surface area contributed by atoms with E-state index in [-0.39, 0.29) is 0 Å². The number of nitrogens with one attached hydrogen (secondary N) is 1. The summed E-state index contributed by atoms with van der Waals surface area (Å²) in [5, 5.41) is 16.3. The maximum atomic E-state index is 4.08. The lowest BCUT2D eigenvalue weighted by Gasteiger charge is -2.05. The van der Waals surface area contributed by atoms with Crippen molar-refractivity contribution in [3.05, 3.63) is 0 Å². The van der Waals surface area contributed by atoms with Gasteiger partial charge in [-0.3, -0.25) is 0 Å². The van der Waals surface area contributed by atoms with Crippen LogP contribution in [0.15, 0.2) is 5.16 Å². The summed E-state index contributed by atoms with van der Waals surface area (Å²) < 4.78 is 1.92. The standard InChI is InChI=1S/C12H23N5S/c1-2-3-4-5-10-18-12-14-15-16-17(12)9-8-13-11-6-7-11/h11,13H,2-10H2,1H3. The first-order valence-corrected chi connectivity index (χ1v) is 8.01. The van der Waals surface area contributed by atoms with Crippen molar-refractivity contribution < 1.29 is 0 Å². The molecule has 0 atom stereocenters. The zero-order valence-corrected chi connectivity index (χ0v) is 12.0. The smallest absolute Gasteiger partial charge is 0.209 e. The predicted molar refractivity (Wildman–Crippen MR) is 73.7 cm³/mol. The Labute approximate surface area is 113 Å². The monoisotopic (exact) mass is 269 g/mol. The van der Waals surface area contributed by atoms with Gasteiger partial charge in [-0.2, -0.15) is 0 Å². The zero-order chi connectivity index (χ0) is 12.6. The quantitative estimate of drug-likeness (QED) is 0.521. The Balaban J connectivity index is 1.62. The van der Waals surface area contributed by atoms with E-state index in [2.05, 4.69) is 27.8 Å². The average molecular weight is 269 g/mol. The van der Waals surface area contributed by atoms with Crippen molar-refractivity contribution in [1.29, 1.82) is 0 Å². The second-order valence-electron chi connectivity index (χ2n) is 4.82. The Morgan fingerprint density at radius 1 is 1.33 bits per heavy atom. The van der Waals surface area contributed by atoms with Gasteiger partial charge < -0.3 is 5.32 Å². The van der Waals surface area contributed by atoms with E-state index < -0.39 is 0 Å². The number of hydrogen-bond acceptors (Lipinski definition) is 5. The van der Waals surface area contributed by atoms with Crippen molar-refractivity contribution >= 4 is 11.8 Å². The number of rotatable bonds is 10. The molecule has 0 unspecified atom stereocenters. The highest BCUT2D eigenvalue weighted by atomic mass is 32.2. The van der Waals surface area contributed by atoms with Crippen LogP contribution in [0.3, 0.4) is 0 Å². The second kappa shape index (κ2) is 7.74. The van der Waals surface area contributed by atoms with Crippen LogP contribution in [-0.2, 0) is 6.54 Å². The molecular formula is C12H23N5S. The van der Waals surface area contributed by atoms with Gasteiger partial charge in [0.05, 0.1) is 6.54 Å². The summed E-state index contributed by atoms with van der Waals surface area (Å²) in [5.41, 5.74) is 0. The normalized spacial score (nSPS) is 15.2. The molecule has 0 radical (unpaired) electrons. The molecular weight excluding hydrogens is 246 g/mol. The topological polar surface area (TPSA) is 55.6 Å². The molecule has 0 aromatic carbocycles. The highest BCUT2D eigenvalue weighted by Crippen LogP contribution is 2.19. The SMILES string of the molecule is CCCCCCSc1nnnn1CCNC1CC1. The molecule has 0 saturated heterocycles. The van der Waals surface area contributed by atoms with Gasteiger partial charge in [0.1, 0.15) is 0 Å². The molecule has 5 nitrogen and oxygen atoms in total. The van der Waals surface area contributed by atoms with Crippen molar-refractivity contribution in [3.63, 3.8) is 0 Å². The molecule has 1 heterocycles. The highest BCUT2D eigenvalue weighted by molar-refractivity contribution is 7.99. The fraction of sp³-hybridized carbons (Fsp3) is 0.917. The van der Waals surface area contributed by atoms with Crippen LogP contribution in [-0.4, -0.2) is 38.5 Å². The summed E-state index contributed by atoms with van der Waals surface area (Å²) in [6.45, 7) is 4.08. The van der Waals surface area contributed by atoms with E-state index in [4.69, 9.17) is 0 Å². The molecule has 1 saturated carbocycles. The molecule has 1 fully saturated rings. The maximum Gasteiger partial charge on any atom is 0.209 e. The Kier molecular flexibility index (Phi) is 5.93. The molecule has 2 rings (SSSR count). The fourth-order valence-electron chi connectivity index (χ4n) is 1.79. The summed E-state index contributed by atoms with van der Waals surface area (Å²) in [7, 11) is 0. The van der Waals surface area contributed by atoms with Gasteiger partial charge in [0.25, 0.3) is 0 Å². The molecule has 102 valence electrons. The summed E-state index contributed by atoms with van der Waals surface area (Å²) in [6.07, 6.45) is 7.84. The zero-order valence-electron chi connectivity index (χ0n) is 11.1. The van der Waals surface area contributed by atoms with Crippen molar-refractivity contribution in [3.8, 4) is 0 Å². The predicted octanol–water partition coefficient (Wildman–Crippen LogP) is 2.10. The van der Waals surface area contributed by atoms with E-state index in [0.717, 1.165) is 30.0 Å². The van der Waals surface area contributed by atoms with E-state index in [1.54, 1.807) is 11.8 Å². The van der Waals surface area contributed by atoms with Gasteiger partial charge in [-0.25, -0.2) is 4.68 Å². The third-order valence-corrected chi connectivity index (χ3v) is 4.11. The lowest BCUT2D eigenvalue weighted by Crippen LogP contribution is -2.22. The minimum Gasteiger partial charge on any atom is -0.312 e. The maximum absolute atomic E-state index is 4.08. The number of aromatic nitrogens is 4. The van der Waals surface area contributed by atoms with Crippen LogP contribution in [0.2, 0.25) is 0 Å². The molecule has 0 aliphatic heterocycles. The van der Waals surface area contributed by atoms with Gasteiger partial charge in [0.15, 0.2) is 0 Å². The number of nitrogens with zero attached hydrogens (tertiary/aromatic N) is 4. The van der Waals surface area contributed by atoms with E-state index >= 15 is 0 Å². The van der Waals surface area contributed by atoms with Gasteiger partial charge in [-0.05, 0) is 29.7 Å². The molecule has 0 amide bonds. The molecule has 1 aromatic rings. The van der Waals surface area contributed by atoms with Gasteiger partial charge >= 0.3 is 0 Å². The largest absolute Gasteiger partial charge is 0.312 e. The molecule has 1 aliphatic rings. The number of unbranched alkanes of at least 4 members (excludes halogenated alkanes) is 3. The molecule has 0 spiro atoms. The summed E-state index contributed by atoms with van der Waals surface area (Å²) in [4.78, 5) is 0. The van der Waals surface area contributed by atoms with E-state index in [1.807, 2.05) is 4.68 Å². The van der Waals surface area contributed by atoms with Gasteiger partial charge in [-0.15, -0.1) is 5.10 Å². The first kappa shape index (κ1) is 13.8. The van der Waals surface area contributed by atoms with Crippen LogP contribution in [0.25, 0.3) is 0 Å². The van der Waals surface area contributed by atoms with Crippen LogP contribution < -0.4 is 5.32 Å². The Bertz CT molecular complexity index is 337. The highest BCUT2D eigenvalue weighted by Gasteiger charge is 2.19. The Morgan fingerprint density at radius 3 is 3.00 bits per heavy atom.